The summed E-state index contributed by atoms with van der Waals surface area (Å²) in [4.78, 5) is 0.0667. The molecule has 112 valence electrons. The molecule has 0 radical (unpaired) electrons. The van der Waals surface area contributed by atoms with Crippen LogP contribution in [0.4, 0.5) is 4.39 Å². The summed E-state index contributed by atoms with van der Waals surface area (Å²) in [5, 5.41) is 0. The molecule has 7 heteroatoms. The van der Waals surface area contributed by atoms with Crippen LogP contribution in [0.5, 0.6) is 0 Å². The van der Waals surface area contributed by atoms with Crippen LogP contribution < -0.4 is 5.73 Å². The van der Waals surface area contributed by atoms with Gasteiger partial charge in [0.1, 0.15) is 5.82 Å². The summed E-state index contributed by atoms with van der Waals surface area (Å²) in [5.41, 5.74) is 5.08. The fraction of sp³-hybridized carbons (Fsp3) is 0.538. The molecule has 1 saturated heterocycles. The van der Waals surface area contributed by atoms with E-state index in [9.17, 15) is 12.8 Å². The van der Waals surface area contributed by atoms with Crippen molar-refractivity contribution in [3.8, 4) is 0 Å². The third-order valence-electron chi connectivity index (χ3n) is 3.27. The van der Waals surface area contributed by atoms with Gasteiger partial charge in [-0.05, 0) is 32.0 Å². The smallest absolute Gasteiger partial charge is 0.243 e. The van der Waals surface area contributed by atoms with Crippen molar-refractivity contribution < 1.29 is 17.5 Å². The molecular formula is C13H19FN2O3S. The van der Waals surface area contributed by atoms with E-state index in [1.807, 2.05) is 13.8 Å². The number of sulfonamides is 1. The molecule has 20 heavy (non-hydrogen) atoms. The summed E-state index contributed by atoms with van der Waals surface area (Å²) in [7, 11) is -3.65. The van der Waals surface area contributed by atoms with E-state index in [1.54, 1.807) is 0 Å². The molecule has 2 N–H and O–H groups in total. The largest absolute Gasteiger partial charge is 0.373 e. The van der Waals surface area contributed by atoms with Gasteiger partial charge in [0.15, 0.2) is 0 Å². The molecule has 1 aromatic carbocycles. The van der Waals surface area contributed by atoms with Crippen molar-refractivity contribution in [2.24, 2.45) is 5.73 Å². The third-order valence-corrected chi connectivity index (χ3v) is 5.11. The molecule has 0 amide bonds. The van der Waals surface area contributed by atoms with Gasteiger partial charge in [0.05, 0.1) is 17.1 Å². The Hall–Kier alpha value is -1.02. The summed E-state index contributed by atoms with van der Waals surface area (Å²) in [5.74, 6) is -0.492. The third kappa shape index (κ3) is 3.01. The van der Waals surface area contributed by atoms with Gasteiger partial charge in [-0.3, -0.25) is 0 Å². The van der Waals surface area contributed by atoms with Crippen LogP contribution in [-0.4, -0.2) is 38.0 Å². The molecule has 1 heterocycles. The Kier molecular flexibility index (Phi) is 4.15. The maximum atomic E-state index is 13.4. The predicted octanol–water partition coefficient (Wildman–Crippen LogP) is 1.08. The molecule has 0 spiro atoms. The average molecular weight is 302 g/mol. The zero-order chi connectivity index (χ0) is 15.0. The van der Waals surface area contributed by atoms with Crippen LogP contribution in [0.2, 0.25) is 0 Å². The fourth-order valence-electron chi connectivity index (χ4n) is 2.20. The second-order valence-electron chi connectivity index (χ2n) is 5.40. The van der Waals surface area contributed by atoms with Gasteiger partial charge in [0.25, 0.3) is 0 Å². The van der Waals surface area contributed by atoms with E-state index in [0.29, 0.717) is 13.2 Å². The van der Waals surface area contributed by atoms with E-state index >= 15 is 0 Å². The Morgan fingerprint density at radius 1 is 1.45 bits per heavy atom. The van der Waals surface area contributed by atoms with Crippen LogP contribution in [0.3, 0.4) is 0 Å². The summed E-state index contributed by atoms with van der Waals surface area (Å²) in [6.07, 6.45) is 0. The average Bonchev–Trinajstić information content (AvgIpc) is 2.37. The second kappa shape index (κ2) is 5.40. The Morgan fingerprint density at radius 3 is 2.75 bits per heavy atom. The predicted molar refractivity (Wildman–Crippen MR) is 73.1 cm³/mol. The molecule has 1 aliphatic rings. The molecule has 0 aromatic heterocycles. The molecule has 1 fully saturated rings. The maximum Gasteiger partial charge on any atom is 0.243 e. The van der Waals surface area contributed by atoms with Crippen LogP contribution in [0.1, 0.15) is 19.4 Å². The van der Waals surface area contributed by atoms with Crippen LogP contribution >= 0.6 is 0 Å². The van der Waals surface area contributed by atoms with E-state index in [-0.39, 0.29) is 23.5 Å². The van der Waals surface area contributed by atoms with Crippen molar-refractivity contribution in [1.29, 1.82) is 0 Å². The highest BCUT2D eigenvalue weighted by Crippen LogP contribution is 2.24. The molecule has 0 unspecified atom stereocenters. The van der Waals surface area contributed by atoms with Crippen LogP contribution in [0, 0.1) is 5.82 Å². The lowest BCUT2D eigenvalue weighted by Crippen LogP contribution is -2.50. The molecule has 5 nitrogen and oxygen atoms in total. The quantitative estimate of drug-likeness (QED) is 0.907. The van der Waals surface area contributed by atoms with Crippen molar-refractivity contribution >= 4 is 10.0 Å². The minimum atomic E-state index is -3.65. The van der Waals surface area contributed by atoms with Crippen molar-refractivity contribution in [3.05, 3.63) is 29.6 Å². The van der Waals surface area contributed by atoms with Gasteiger partial charge in [-0.2, -0.15) is 4.31 Å². The van der Waals surface area contributed by atoms with Crippen LogP contribution in [0.15, 0.2) is 23.1 Å². The molecule has 1 aromatic rings. The van der Waals surface area contributed by atoms with Crippen molar-refractivity contribution in [2.45, 2.75) is 30.9 Å². The van der Waals surface area contributed by atoms with E-state index in [4.69, 9.17) is 10.5 Å². The van der Waals surface area contributed by atoms with E-state index in [2.05, 4.69) is 0 Å². The van der Waals surface area contributed by atoms with E-state index < -0.39 is 21.4 Å². The molecule has 2 rings (SSSR count). The Bertz CT molecular complexity index is 602. The first kappa shape index (κ1) is 15.4. The normalized spacial score (nSPS) is 20.0. The summed E-state index contributed by atoms with van der Waals surface area (Å²) >= 11 is 0. The first-order chi connectivity index (χ1) is 9.26. The highest BCUT2D eigenvalue weighted by atomic mass is 32.2. The second-order valence-corrected chi connectivity index (χ2v) is 7.34. The maximum absolute atomic E-state index is 13.4. The minimum absolute atomic E-state index is 0.0379. The van der Waals surface area contributed by atoms with Gasteiger partial charge in [-0.1, -0.05) is 0 Å². The van der Waals surface area contributed by atoms with Gasteiger partial charge in [-0.25, -0.2) is 12.8 Å². The van der Waals surface area contributed by atoms with Crippen molar-refractivity contribution in [3.63, 3.8) is 0 Å². The standard InChI is InChI=1S/C13H19FN2O3S/c1-13(2)9-16(5-6-19-13)20(17,18)11-3-4-12(14)10(7-11)8-15/h3-4,7H,5-6,8-9,15H2,1-2H3. The fourth-order valence-corrected chi connectivity index (χ4v) is 3.82. The number of rotatable bonds is 3. The monoisotopic (exact) mass is 302 g/mol. The van der Waals surface area contributed by atoms with Crippen molar-refractivity contribution in [2.75, 3.05) is 19.7 Å². The number of benzene rings is 1. The molecule has 0 saturated carbocycles. The number of nitrogens with zero attached hydrogens (tertiary/aromatic N) is 1. The van der Waals surface area contributed by atoms with Gasteiger partial charge in [0, 0.05) is 25.2 Å². The van der Waals surface area contributed by atoms with Crippen molar-refractivity contribution in [1.82, 2.24) is 4.31 Å². The highest BCUT2D eigenvalue weighted by Gasteiger charge is 2.35. The van der Waals surface area contributed by atoms with Gasteiger partial charge in [-0.15, -0.1) is 0 Å². The SMILES string of the molecule is CC1(C)CN(S(=O)(=O)c2ccc(F)c(CN)c2)CCO1. The zero-order valence-electron chi connectivity index (χ0n) is 11.6. The topological polar surface area (TPSA) is 72.6 Å². The van der Waals surface area contributed by atoms with Gasteiger partial charge < -0.3 is 10.5 Å². The Labute approximate surface area is 118 Å². The zero-order valence-corrected chi connectivity index (χ0v) is 12.4. The molecular weight excluding hydrogens is 283 g/mol. The minimum Gasteiger partial charge on any atom is -0.373 e. The number of morpholine rings is 1. The van der Waals surface area contributed by atoms with Gasteiger partial charge in [0.2, 0.25) is 10.0 Å². The summed E-state index contributed by atoms with van der Waals surface area (Å²) in [6, 6.07) is 3.71. The number of ether oxygens (including phenoxy) is 1. The molecule has 0 atom stereocenters. The molecule has 0 bridgehead atoms. The summed E-state index contributed by atoms with van der Waals surface area (Å²) < 4.78 is 45.4. The van der Waals surface area contributed by atoms with E-state index in [1.165, 1.54) is 16.4 Å². The van der Waals surface area contributed by atoms with Gasteiger partial charge >= 0.3 is 0 Å². The first-order valence-corrected chi connectivity index (χ1v) is 7.83. The first-order valence-electron chi connectivity index (χ1n) is 6.39. The number of hydrogen-bond donors (Lipinski definition) is 1. The van der Waals surface area contributed by atoms with E-state index in [0.717, 1.165) is 6.07 Å². The lowest BCUT2D eigenvalue weighted by atomic mass is 10.1. The van der Waals surface area contributed by atoms with Crippen LogP contribution in [-0.2, 0) is 21.3 Å². The Balaban J connectivity index is 2.35. The lowest BCUT2D eigenvalue weighted by Gasteiger charge is -2.37. The number of halogens is 1. The lowest BCUT2D eigenvalue weighted by molar-refractivity contribution is -0.0640. The number of nitrogens with two attached hydrogens (primary N) is 1. The van der Waals surface area contributed by atoms with Crippen LogP contribution in [0.25, 0.3) is 0 Å². The molecule has 0 aliphatic carbocycles. The molecule has 1 aliphatic heterocycles. The number of hydrogen-bond acceptors (Lipinski definition) is 4. The highest BCUT2D eigenvalue weighted by molar-refractivity contribution is 7.89. The summed E-state index contributed by atoms with van der Waals surface area (Å²) in [6.45, 7) is 4.54. The Morgan fingerprint density at radius 2 is 2.15 bits per heavy atom.